The molecular weight excluding hydrogens is 482 g/mol. The number of aryl methyl sites for hydroxylation is 1. The average molecular weight is 512 g/mol. The first-order valence-corrected chi connectivity index (χ1v) is 13.1. The van der Waals surface area contributed by atoms with Crippen molar-refractivity contribution in [3.05, 3.63) is 65.4 Å². The summed E-state index contributed by atoms with van der Waals surface area (Å²) in [6.07, 6.45) is 6.77. The molecule has 38 heavy (non-hydrogen) atoms. The zero-order valence-electron chi connectivity index (χ0n) is 21.2. The standard InChI is InChI=1S/C29H29N5O4/c1-33-26(17-6-8-18(9-7-17)27(36)31-21-4-2-3-5-21)23(15-30-33)19-10-11-22-20(14-19)16-34(29(22)38)24-12-13-25(35)32-28(24)37/h6-11,14-15,21,24H,2-5,12-13,16H2,1H3,(H,31,36)(H,32,35,37). The van der Waals surface area contributed by atoms with Crippen molar-refractivity contribution in [1.29, 1.82) is 0 Å². The van der Waals surface area contributed by atoms with E-state index < -0.39 is 11.9 Å². The predicted molar refractivity (Wildman–Crippen MR) is 140 cm³/mol. The zero-order chi connectivity index (χ0) is 26.4. The molecule has 4 amide bonds. The van der Waals surface area contributed by atoms with E-state index >= 15 is 0 Å². The van der Waals surface area contributed by atoms with Crippen molar-refractivity contribution < 1.29 is 19.2 Å². The van der Waals surface area contributed by atoms with E-state index in [-0.39, 0.29) is 30.2 Å². The second-order valence-electron chi connectivity index (χ2n) is 10.3. The van der Waals surface area contributed by atoms with Crippen molar-refractivity contribution in [3.63, 3.8) is 0 Å². The van der Waals surface area contributed by atoms with Crippen molar-refractivity contribution in [1.82, 2.24) is 25.3 Å². The third kappa shape index (κ3) is 4.27. The second kappa shape index (κ2) is 9.55. The molecule has 2 N–H and O–H groups in total. The molecule has 194 valence electrons. The highest BCUT2D eigenvalue weighted by Crippen LogP contribution is 2.35. The summed E-state index contributed by atoms with van der Waals surface area (Å²) in [5.74, 6) is -0.960. The number of amides is 4. The van der Waals surface area contributed by atoms with Gasteiger partial charge in [0.2, 0.25) is 11.8 Å². The Morgan fingerprint density at radius 3 is 2.45 bits per heavy atom. The molecule has 1 aliphatic carbocycles. The largest absolute Gasteiger partial charge is 0.349 e. The van der Waals surface area contributed by atoms with E-state index in [0.29, 0.717) is 24.1 Å². The molecule has 1 unspecified atom stereocenters. The van der Waals surface area contributed by atoms with E-state index in [9.17, 15) is 19.2 Å². The van der Waals surface area contributed by atoms with Crippen LogP contribution in [0.2, 0.25) is 0 Å². The molecule has 6 rings (SSSR count). The minimum absolute atomic E-state index is 0.0439. The van der Waals surface area contributed by atoms with Crippen molar-refractivity contribution in [2.45, 2.75) is 57.2 Å². The topological polar surface area (TPSA) is 113 Å². The van der Waals surface area contributed by atoms with E-state index in [1.54, 1.807) is 21.8 Å². The van der Waals surface area contributed by atoms with Crippen molar-refractivity contribution in [2.24, 2.45) is 7.05 Å². The van der Waals surface area contributed by atoms with Crippen molar-refractivity contribution in [2.75, 3.05) is 0 Å². The molecule has 3 aliphatic rings. The Balaban J connectivity index is 1.24. The molecule has 2 aliphatic heterocycles. The van der Waals surface area contributed by atoms with E-state index in [1.807, 2.05) is 43.4 Å². The van der Waals surface area contributed by atoms with Gasteiger partial charge in [0.15, 0.2) is 0 Å². The molecule has 3 heterocycles. The van der Waals surface area contributed by atoms with Crippen LogP contribution in [-0.4, -0.2) is 50.4 Å². The molecule has 1 aromatic heterocycles. The van der Waals surface area contributed by atoms with Crippen LogP contribution in [0.3, 0.4) is 0 Å². The third-order valence-corrected chi connectivity index (χ3v) is 7.88. The van der Waals surface area contributed by atoms with Gasteiger partial charge in [-0.05, 0) is 54.7 Å². The molecule has 3 aromatic rings. The predicted octanol–water partition coefficient (Wildman–Crippen LogP) is 3.19. The second-order valence-corrected chi connectivity index (χ2v) is 10.3. The van der Waals surface area contributed by atoms with Crippen LogP contribution in [0.4, 0.5) is 0 Å². The first-order valence-electron chi connectivity index (χ1n) is 13.1. The number of carbonyl (C=O) groups excluding carboxylic acids is 4. The van der Waals surface area contributed by atoms with Crippen LogP contribution < -0.4 is 10.6 Å². The number of aromatic nitrogens is 2. The van der Waals surface area contributed by atoms with E-state index in [2.05, 4.69) is 15.7 Å². The van der Waals surface area contributed by atoms with Crippen LogP contribution in [0.1, 0.15) is 64.8 Å². The number of imide groups is 1. The van der Waals surface area contributed by atoms with E-state index in [1.165, 1.54) is 12.8 Å². The number of nitrogens with zero attached hydrogens (tertiary/aromatic N) is 3. The summed E-state index contributed by atoms with van der Waals surface area (Å²) in [6.45, 7) is 0.314. The Bertz CT molecular complexity index is 1450. The number of piperidine rings is 1. The molecular formula is C29H29N5O4. The maximum Gasteiger partial charge on any atom is 0.255 e. The summed E-state index contributed by atoms with van der Waals surface area (Å²) in [6, 6.07) is 12.9. The van der Waals surface area contributed by atoms with Crippen molar-refractivity contribution in [3.8, 4) is 22.4 Å². The van der Waals surface area contributed by atoms with Gasteiger partial charge in [0, 0.05) is 48.3 Å². The Morgan fingerprint density at radius 1 is 0.974 bits per heavy atom. The van der Waals surface area contributed by atoms with Gasteiger partial charge in [0.1, 0.15) is 6.04 Å². The van der Waals surface area contributed by atoms with Crippen LogP contribution in [-0.2, 0) is 23.2 Å². The third-order valence-electron chi connectivity index (χ3n) is 7.88. The highest BCUT2D eigenvalue weighted by Gasteiger charge is 2.39. The van der Waals surface area contributed by atoms with E-state index in [0.717, 1.165) is 40.8 Å². The number of carbonyl (C=O) groups is 4. The first-order chi connectivity index (χ1) is 18.4. The average Bonchev–Trinajstić information content (AvgIpc) is 3.64. The fraction of sp³-hybridized carbons (Fsp3) is 0.345. The number of hydrogen-bond donors (Lipinski definition) is 2. The minimum atomic E-state index is -0.644. The van der Waals surface area contributed by atoms with Gasteiger partial charge < -0.3 is 10.2 Å². The van der Waals surface area contributed by atoms with Crippen LogP contribution in [0.15, 0.2) is 48.7 Å². The number of hydrogen-bond acceptors (Lipinski definition) is 5. The van der Waals surface area contributed by atoms with Crippen molar-refractivity contribution >= 4 is 23.6 Å². The number of benzene rings is 2. The maximum absolute atomic E-state index is 13.1. The lowest BCUT2D eigenvalue weighted by Crippen LogP contribution is -2.52. The Morgan fingerprint density at radius 2 is 1.71 bits per heavy atom. The fourth-order valence-electron chi connectivity index (χ4n) is 5.85. The smallest absolute Gasteiger partial charge is 0.255 e. The lowest BCUT2D eigenvalue weighted by atomic mass is 9.97. The van der Waals surface area contributed by atoms with E-state index in [4.69, 9.17) is 0 Å². The number of nitrogens with one attached hydrogen (secondary N) is 2. The molecule has 0 bridgehead atoms. The highest BCUT2D eigenvalue weighted by molar-refractivity contribution is 6.05. The van der Waals surface area contributed by atoms with Gasteiger partial charge in [0.05, 0.1) is 11.9 Å². The monoisotopic (exact) mass is 511 g/mol. The van der Waals surface area contributed by atoms with Gasteiger partial charge >= 0.3 is 0 Å². The van der Waals surface area contributed by atoms with Crippen LogP contribution >= 0.6 is 0 Å². The molecule has 2 fully saturated rings. The lowest BCUT2D eigenvalue weighted by Gasteiger charge is -2.29. The highest BCUT2D eigenvalue weighted by atomic mass is 16.2. The molecule has 1 atom stereocenters. The van der Waals surface area contributed by atoms with Crippen LogP contribution in [0, 0.1) is 0 Å². The normalized spacial score (nSPS) is 19.6. The minimum Gasteiger partial charge on any atom is -0.349 e. The molecule has 1 saturated carbocycles. The summed E-state index contributed by atoms with van der Waals surface area (Å²) in [5.41, 5.74) is 5.69. The van der Waals surface area contributed by atoms with Gasteiger partial charge in [0.25, 0.3) is 11.8 Å². The molecule has 9 nitrogen and oxygen atoms in total. The summed E-state index contributed by atoms with van der Waals surface area (Å²) in [7, 11) is 1.88. The Labute approximate surface area is 220 Å². The number of rotatable bonds is 5. The summed E-state index contributed by atoms with van der Waals surface area (Å²) < 4.78 is 1.80. The van der Waals surface area contributed by atoms with Crippen LogP contribution in [0.25, 0.3) is 22.4 Å². The fourth-order valence-corrected chi connectivity index (χ4v) is 5.85. The quantitative estimate of drug-likeness (QED) is 0.511. The molecule has 0 radical (unpaired) electrons. The lowest BCUT2D eigenvalue weighted by molar-refractivity contribution is -0.136. The molecule has 2 aromatic carbocycles. The maximum atomic E-state index is 13.1. The summed E-state index contributed by atoms with van der Waals surface area (Å²) in [5, 5.41) is 9.95. The summed E-state index contributed by atoms with van der Waals surface area (Å²) >= 11 is 0. The summed E-state index contributed by atoms with van der Waals surface area (Å²) in [4.78, 5) is 51.2. The zero-order valence-corrected chi connectivity index (χ0v) is 21.2. The molecule has 9 heteroatoms. The van der Waals surface area contributed by atoms with Gasteiger partial charge in [-0.1, -0.05) is 31.0 Å². The van der Waals surface area contributed by atoms with Gasteiger partial charge in [-0.25, -0.2) is 0 Å². The van der Waals surface area contributed by atoms with Gasteiger partial charge in [-0.2, -0.15) is 5.10 Å². The van der Waals surface area contributed by atoms with Gasteiger partial charge in [-0.3, -0.25) is 29.2 Å². The van der Waals surface area contributed by atoms with Crippen LogP contribution in [0.5, 0.6) is 0 Å². The molecule has 1 saturated heterocycles. The van der Waals surface area contributed by atoms with Gasteiger partial charge in [-0.15, -0.1) is 0 Å². The SMILES string of the molecule is Cn1ncc(-c2ccc3c(c2)CN(C2CCC(=O)NC2=O)C3=O)c1-c1ccc(C(=O)NC2CCCC2)cc1. The Hall–Kier alpha value is -4.27. The number of fused-ring (bicyclic) bond motifs is 1. The first kappa shape index (κ1) is 24.1. The molecule has 0 spiro atoms. The Kier molecular flexibility index (Phi) is 6.06.